The predicted molar refractivity (Wildman–Crippen MR) is 115 cm³/mol. The van der Waals surface area contributed by atoms with Crippen molar-refractivity contribution in [1.82, 2.24) is 24.9 Å². The molecule has 0 saturated heterocycles. The van der Waals surface area contributed by atoms with Crippen LogP contribution in [0.2, 0.25) is 0 Å². The van der Waals surface area contributed by atoms with Gasteiger partial charge in [0.15, 0.2) is 5.69 Å². The summed E-state index contributed by atoms with van der Waals surface area (Å²) < 4.78 is 3.45. The molecule has 1 fully saturated rings. The van der Waals surface area contributed by atoms with Gasteiger partial charge in [0.2, 0.25) is 0 Å². The number of nitrogens with one attached hydrogen (secondary N) is 1. The first-order chi connectivity index (χ1) is 14.6. The van der Waals surface area contributed by atoms with Crippen molar-refractivity contribution >= 4 is 16.8 Å². The monoisotopic (exact) mass is 405 g/mol. The molecule has 0 atom stereocenters. The topological polar surface area (TPSA) is 81.8 Å². The van der Waals surface area contributed by atoms with Crippen molar-refractivity contribution in [3.63, 3.8) is 0 Å². The maximum atomic E-state index is 12.9. The van der Waals surface area contributed by atoms with E-state index in [0.29, 0.717) is 5.69 Å². The molecule has 5 rings (SSSR count). The van der Waals surface area contributed by atoms with Crippen molar-refractivity contribution in [2.75, 3.05) is 0 Å². The number of nitrogens with zero attached hydrogens (tertiary/aromatic N) is 4. The second-order valence-corrected chi connectivity index (χ2v) is 8.57. The van der Waals surface area contributed by atoms with Crippen molar-refractivity contribution in [2.45, 2.75) is 63.5 Å². The molecular formula is C23H27N5O2. The molecule has 30 heavy (non-hydrogen) atoms. The van der Waals surface area contributed by atoms with Crippen molar-refractivity contribution in [1.29, 1.82) is 0 Å². The van der Waals surface area contributed by atoms with E-state index >= 15 is 0 Å². The lowest BCUT2D eigenvalue weighted by atomic mass is 9.90. The Balaban J connectivity index is 1.26. The lowest BCUT2D eigenvalue weighted by molar-refractivity contribution is 0.0917. The zero-order valence-electron chi connectivity index (χ0n) is 17.3. The number of carbonyl (C=O) groups is 1. The van der Waals surface area contributed by atoms with Gasteiger partial charge in [-0.15, -0.1) is 0 Å². The number of hydrogen-bond acceptors (Lipinski definition) is 4. The molecule has 2 aromatic heterocycles. The molecule has 2 aliphatic rings. The zero-order valence-corrected chi connectivity index (χ0v) is 17.3. The highest BCUT2D eigenvalue weighted by molar-refractivity contribution is 6.04. The molecule has 0 spiro atoms. The fraction of sp³-hybridized carbons (Fsp3) is 0.478. The average Bonchev–Trinajstić information content (AvgIpc) is 3.11. The standard InChI is InChI=1S/C23H27N5O2/c1-27-20-9-5-3-7-18(20)22(26-27)23(30)24-16-10-12-17(13-11-16)28-21(29)14-15-6-2-4-8-19(15)25-28/h3,5,7,9,14,16-17H,2,4,6,8,10-13H2,1H3,(H,24,30). The minimum absolute atomic E-state index is 0.0168. The Bertz CT molecular complexity index is 1150. The smallest absolute Gasteiger partial charge is 0.272 e. The first kappa shape index (κ1) is 19.0. The SMILES string of the molecule is Cn1nc(C(=O)NC2CCC(n3nc4c(cc3=O)CCCC4)CC2)c2ccccc21. The molecule has 1 N–H and O–H groups in total. The molecule has 1 saturated carbocycles. The molecule has 7 nitrogen and oxygen atoms in total. The van der Waals surface area contributed by atoms with Crippen LogP contribution in [0.1, 0.15) is 66.3 Å². The van der Waals surface area contributed by atoms with Gasteiger partial charge in [-0.05, 0) is 63.0 Å². The van der Waals surface area contributed by atoms with Crippen LogP contribution in [-0.4, -0.2) is 31.5 Å². The number of aromatic nitrogens is 4. The van der Waals surface area contributed by atoms with E-state index in [2.05, 4.69) is 10.4 Å². The third-order valence-corrected chi connectivity index (χ3v) is 6.58. The van der Waals surface area contributed by atoms with Crippen molar-refractivity contribution < 1.29 is 4.79 Å². The summed E-state index contributed by atoms with van der Waals surface area (Å²) in [5.41, 5.74) is 3.67. The van der Waals surface area contributed by atoms with Crippen LogP contribution in [0.4, 0.5) is 0 Å². The van der Waals surface area contributed by atoms with E-state index in [-0.39, 0.29) is 23.6 Å². The van der Waals surface area contributed by atoms with Crippen LogP contribution in [0.25, 0.3) is 10.9 Å². The van der Waals surface area contributed by atoms with E-state index < -0.39 is 0 Å². The summed E-state index contributed by atoms with van der Waals surface area (Å²) in [7, 11) is 1.85. The quantitative estimate of drug-likeness (QED) is 0.726. The average molecular weight is 406 g/mol. The molecular weight excluding hydrogens is 378 g/mol. The van der Waals surface area contributed by atoms with Gasteiger partial charge < -0.3 is 5.32 Å². The van der Waals surface area contributed by atoms with Crippen molar-refractivity contribution in [2.24, 2.45) is 7.05 Å². The van der Waals surface area contributed by atoms with E-state index in [1.165, 1.54) is 0 Å². The second-order valence-electron chi connectivity index (χ2n) is 8.57. The predicted octanol–water partition coefficient (Wildman–Crippen LogP) is 2.92. The number of fused-ring (bicyclic) bond motifs is 2. The van der Waals surface area contributed by atoms with Gasteiger partial charge in [-0.2, -0.15) is 10.2 Å². The maximum absolute atomic E-state index is 12.9. The van der Waals surface area contributed by atoms with Crippen molar-refractivity contribution in [3.05, 3.63) is 57.6 Å². The number of rotatable bonds is 3. The van der Waals surface area contributed by atoms with Gasteiger partial charge in [-0.1, -0.05) is 18.2 Å². The first-order valence-corrected chi connectivity index (χ1v) is 10.9. The Labute approximate surface area is 175 Å². The number of carbonyl (C=O) groups excluding carboxylic acids is 1. The minimum atomic E-state index is -0.126. The number of hydrogen-bond donors (Lipinski definition) is 1. The fourth-order valence-electron chi connectivity index (χ4n) is 4.94. The molecule has 1 aromatic carbocycles. The van der Waals surface area contributed by atoms with Gasteiger partial charge in [-0.25, -0.2) is 4.68 Å². The summed E-state index contributed by atoms with van der Waals surface area (Å²) in [6.07, 6.45) is 7.62. The fourth-order valence-corrected chi connectivity index (χ4v) is 4.94. The normalized spacial score (nSPS) is 21.4. The molecule has 0 bridgehead atoms. The van der Waals surface area contributed by atoms with Crippen LogP contribution in [0.3, 0.4) is 0 Å². The highest BCUT2D eigenvalue weighted by Crippen LogP contribution is 2.28. The van der Waals surface area contributed by atoms with Gasteiger partial charge in [0.1, 0.15) is 0 Å². The van der Waals surface area contributed by atoms with E-state index in [0.717, 1.165) is 73.5 Å². The summed E-state index contributed by atoms with van der Waals surface area (Å²) in [4.78, 5) is 25.4. The van der Waals surface area contributed by atoms with E-state index in [9.17, 15) is 9.59 Å². The van der Waals surface area contributed by atoms with Gasteiger partial charge in [-0.3, -0.25) is 14.3 Å². The molecule has 0 unspecified atom stereocenters. The second kappa shape index (κ2) is 7.70. The third-order valence-electron chi connectivity index (χ3n) is 6.58. The lowest BCUT2D eigenvalue weighted by Gasteiger charge is -2.30. The number of aryl methyl sites for hydroxylation is 3. The van der Waals surface area contributed by atoms with E-state index in [1.807, 2.05) is 31.3 Å². The summed E-state index contributed by atoms with van der Waals surface area (Å²) >= 11 is 0. The molecule has 3 aromatic rings. The minimum Gasteiger partial charge on any atom is -0.348 e. The van der Waals surface area contributed by atoms with Crippen LogP contribution in [0.5, 0.6) is 0 Å². The molecule has 0 radical (unpaired) electrons. The Morgan fingerprint density at radius 3 is 2.67 bits per heavy atom. The highest BCUT2D eigenvalue weighted by Gasteiger charge is 2.27. The Kier molecular flexibility index (Phi) is 4.89. The van der Waals surface area contributed by atoms with Crippen LogP contribution >= 0.6 is 0 Å². The van der Waals surface area contributed by atoms with Gasteiger partial charge in [0, 0.05) is 24.5 Å². The Morgan fingerprint density at radius 2 is 1.83 bits per heavy atom. The summed E-state index contributed by atoms with van der Waals surface area (Å²) in [6.45, 7) is 0. The van der Waals surface area contributed by atoms with E-state index in [4.69, 9.17) is 5.10 Å². The Hall–Kier alpha value is -2.96. The lowest BCUT2D eigenvalue weighted by Crippen LogP contribution is -2.40. The van der Waals surface area contributed by atoms with Crippen LogP contribution in [0, 0.1) is 0 Å². The highest BCUT2D eigenvalue weighted by atomic mass is 16.2. The van der Waals surface area contributed by atoms with Crippen molar-refractivity contribution in [3.8, 4) is 0 Å². The van der Waals surface area contributed by atoms with Crippen LogP contribution in [0.15, 0.2) is 35.1 Å². The third kappa shape index (κ3) is 3.42. The number of amides is 1. The molecule has 2 heterocycles. The maximum Gasteiger partial charge on any atom is 0.272 e. The largest absolute Gasteiger partial charge is 0.348 e. The Morgan fingerprint density at radius 1 is 1.07 bits per heavy atom. The molecule has 1 amide bonds. The van der Waals surface area contributed by atoms with Crippen LogP contribution in [-0.2, 0) is 19.9 Å². The summed E-state index contributed by atoms with van der Waals surface area (Å²) in [6, 6.07) is 9.78. The summed E-state index contributed by atoms with van der Waals surface area (Å²) in [5.74, 6) is -0.126. The zero-order chi connectivity index (χ0) is 20.7. The molecule has 2 aliphatic carbocycles. The first-order valence-electron chi connectivity index (χ1n) is 10.9. The van der Waals surface area contributed by atoms with E-state index in [1.54, 1.807) is 15.4 Å². The van der Waals surface area contributed by atoms with Gasteiger partial charge >= 0.3 is 0 Å². The number of benzene rings is 1. The summed E-state index contributed by atoms with van der Waals surface area (Å²) in [5, 5.41) is 13.2. The molecule has 156 valence electrons. The molecule has 0 aliphatic heterocycles. The van der Waals surface area contributed by atoms with Crippen LogP contribution < -0.4 is 10.9 Å². The van der Waals surface area contributed by atoms with Gasteiger partial charge in [0.25, 0.3) is 11.5 Å². The van der Waals surface area contributed by atoms with Gasteiger partial charge in [0.05, 0.1) is 17.3 Å². The number of para-hydroxylation sites is 1. The molecule has 7 heteroatoms.